The largest absolute Gasteiger partial charge is 0.369 e. The number of carbonyl (C=O) groups excluding carboxylic acids is 2. The van der Waals surface area contributed by atoms with E-state index in [-0.39, 0.29) is 22.6 Å². The van der Waals surface area contributed by atoms with Crippen LogP contribution in [0.5, 0.6) is 0 Å². The van der Waals surface area contributed by atoms with E-state index in [0.717, 1.165) is 10.8 Å². The van der Waals surface area contributed by atoms with Gasteiger partial charge in [0.15, 0.2) is 0 Å². The number of hydrogen-bond acceptors (Lipinski definition) is 4. The Balaban J connectivity index is 1.55. The summed E-state index contributed by atoms with van der Waals surface area (Å²) in [5, 5.41) is 1.82. The van der Waals surface area contributed by atoms with Gasteiger partial charge in [0.25, 0.3) is 0 Å². The molecule has 2 fully saturated rings. The van der Waals surface area contributed by atoms with Gasteiger partial charge >= 0.3 is 0 Å². The highest BCUT2D eigenvalue weighted by Crippen LogP contribution is 2.30. The van der Waals surface area contributed by atoms with Crippen molar-refractivity contribution in [3.8, 4) is 0 Å². The lowest BCUT2D eigenvalue weighted by molar-refractivity contribution is -0.137. The molecule has 2 aliphatic heterocycles. The van der Waals surface area contributed by atoms with Gasteiger partial charge in [-0.05, 0) is 48.6 Å². The minimum absolute atomic E-state index is 0.171. The highest BCUT2D eigenvalue weighted by atomic mass is 32.2. The van der Waals surface area contributed by atoms with E-state index in [2.05, 4.69) is 0 Å². The van der Waals surface area contributed by atoms with E-state index in [1.54, 1.807) is 23.1 Å². The number of carbonyl (C=O) groups is 2. The van der Waals surface area contributed by atoms with Gasteiger partial charge in [0, 0.05) is 25.6 Å². The molecule has 2 aliphatic rings. The molecule has 4 rings (SSSR count). The number of benzene rings is 2. The Bertz CT molecular complexity index is 1040. The number of hydrogen-bond donors (Lipinski definition) is 1. The van der Waals surface area contributed by atoms with Crippen molar-refractivity contribution in [1.29, 1.82) is 0 Å². The maximum Gasteiger partial charge on any atom is 0.243 e. The van der Waals surface area contributed by atoms with Crippen molar-refractivity contribution in [1.82, 2.24) is 9.21 Å². The lowest BCUT2D eigenvalue weighted by Crippen LogP contribution is -2.50. The molecular formula is C21H25N3O4S. The predicted molar refractivity (Wildman–Crippen MR) is 109 cm³/mol. The average Bonchev–Trinajstić information content (AvgIpc) is 3.23. The van der Waals surface area contributed by atoms with Crippen molar-refractivity contribution in [3.05, 3.63) is 42.5 Å². The van der Waals surface area contributed by atoms with E-state index in [1.165, 1.54) is 4.31 Å². The van der Waals surface area contributed by atoms with Crippen LogP contribution in [0.25, 0.3) is 10.8 Å². The first-order chi connectivity index (χ1) is 13.9. The first kappa shape index (κ1) is 19.8. The van der Waals surface area contributed by atoms with E-state index >= 15 is 0 Å². The summed E-state index contributed by atoms with van der Waals surface area (Å²) in [6.07, 6.45) is 2.23. The van der Waals surface area contributed by atoms with Crippen LogP contribution in [-0.2, 0) is 19.6 Å². The Labute approximate surface area is 170 Å². The quantitative estimate of drug-likeness (QED) is 0.821. The standard InChI is InChI=1S/C21H25N3O4S/c22-20(25)16-9-12-23(13-10-16)21(26)19-6-3-11-24(19)29(27,28)18-8-7-15-4-1-2-5-17(15)14-18/h1-2,4-5,7-8,14,16,19H,3,6,9-13H2,(H2,22,25)/t19-/m1/s1. The van der Waals surface area contributed by atoms with Crippen LogP contribution in [0.15, 0.2) is 47.4 Å². The molecule has 2 aromatic rings. The SMILES string of the molecule is NC(=O)C1CCN(C(=O)[C@H]2CCCN2S(=O)(=O)c2ccc3ccccc3c2)CC1. The van der Waals surface area contributed by atoms with Gasteiger partial charge in [-0.25, -0.2) is 8.42 Å². The second kappa shape index (κ2) is 7.76. The molecule has 2 amide bonds. The van der Waals surface area contributed by atoms with Gasteiger partial charge < -0.3 is 10.6 Å². The highest BCUT2D eigenvalue weighted by Gasteiger charge is 2.42. The minimum Gasteiger partial charge on any atom is -0.369 e. The summed E-state index contributed by atoms with van der Waals surface area (Å²) in [7, 11) is -3.78. The van der Waals surface area contributed by atoms with Gasteiger partial charge in [0.1, 0.15) is 6.04 Å². The van der Waals surface area contributed by atoms with Crippen molar-refractivity contribution in [3.63, 3.8) is 0 Å². The molecule has 0 unspecified atom stereocenters. The molecule has 154 valence electrons. The number of amides is 2. The Hall–Kier alpha value is -2.45. The van der Waals surface area contributed by atoms with Gasteiger partial charge in [-0.3, -0.25) is 9.59 Å². The number of primary amides is 1. The number of rotatable bonds is 4. The number of nitrogens with zero attached hydrogens (tertiary/aromatic N) is 2. The highest BCUT2D eigenvalue weighted by molar-refractivity contribution is 7.89. The lowest BCUT2D eigenvalue weighted by atomic mass is 9.96. The fraction of sp³-hybridized carbons (Fsp3) is 0.429. The molecule has 0 radical (unpaired) electrons. The molecule has 0 aromatic heterocycles. The fourth-order valence-corrected chi connectivity index (χ4v) is 6.02. The topological polar surface area (TPSA) is 101 Å². The molecule has 0 spiro atoms. The Morgan fingerprint density at radius 2 is 1.62 bits per heavy atom. The van der Waals surface area contributed by atoms with E-state index in [4.69, 9.17) is 5.73 Å². The van der Waals surface area contributed by atoms with E-state index in [9.17, 15) is 18.0 Å². The molecular weight excluding hydrogens is 390 g/mol. The molecule has 7 nitrogen and oxygen atoms in total. The van der Waals surface area contributed by atoms with Crippen LogP contribution in [-0.4, -0.2) is 55.1 Å². The lowest BCUT2D eigenvalue weighted by Gasteiger charge is -2.34. The molecule has 2 N–H and O–H groups in total. The molecule has 0 saturated carbocycles. The van der Waals surface area contributed by atoms with Crippen LogP contribution in [0.4, 0.5) is 0 Å². The third-order valence-electron chi connectivity index (χ3n) is 6.03. The number of sulfonamides is 1. The smallest absolute Gasteiger partial charge is 0.243 e. The monoisotopic (exact) mass is 415 g/mol. The maximum atomic E-state index is 13.3. The maximum absolute atomic E-state index is 13.3. The van der Waals surface area contributed by atoms with Crippen molar-refractivity contribution in [2.45, 2.75) is 36.6 Å². The third-order valence-corrected chi connectivity index (χ3v) is 7.93. The van der Waals surface area contributed by atoms with Gasteiger partial charge in [-0.2, -0.15) is 4.31 Å². The van der Waals surface area contributed by atoms with Gasteiger partial charge in [-0.15, -0.1) is 0 Å². The molecule has 0 aliphatic carbocycles. The summed E-state index contributed by atoms with van der Waals surface area (Å²) in [5.41, 5.74) is 5.36. The van der Waals surface area contributed by atoms with Crippen LogP contribution in [0.3, 0.4) is 0 Å². The predicted octanol–water partition coefficient (Wildman–Crippen LogP) is 1.72. The summed E-state index contributed by atoms with van der Waals surface area (Å²) in [6, 6.07) is 12.0. The van der Waals surface area contributed by atoms with Gasteiger partial charge in [0.05, 0.1) is 4.90 Å². The summed E-state index contributed by atoms with van der Waals surface area (Å²) in [6.45, 7) is 1.21. The molecule has 29 heavy (non-hydrogen) atoms. The van der Waals surface area contributed by atoms with Crippen molar-refractivity contribution >= 4 is 32.6 Å². The molecule has 2 heterocycles. The van der Waals surface area contributed by atoms with Crippen molar-refractivity contribution < 1.29 is 18.0 Å². The van der Waals surface area contributed by atoms with E-state index in [0.29, 0.717) is 45.3 Å². The molecule has 2 aromatic carbocycles. The van der Waals surface area contributed by atoms with Gasteiger partial charge in [-0.1, -0.05) is 30.3 Å². The number of fused-ring (bicyclic) bond motifs is 1. The van der Waals surface area contributed by atoms with E-state index < -0.39 is 16.1 Å². The zero-order valence-corrected chi connectivity index (χ0v) is 17.0. The van der Waals surface area contributed by atoms with E-state index in [1.807, 2.05) is 24.3 Å². The Morgan fingerprint density at radius 3 is 2.31 bits per heavy atom. The van der Waals surface area contributed by atoms with Crippen LogP contribution in [0, 0.1) is 5.92 Å². The molecule has 1 atom stereocenters. The number of likely N-dealkylation sites (tertiary alicyclic amines) is 1. The van der Waals surface area contributed by atoms with Crippen LogP contribution < -0.4 is 5.73 Å². The summed E-state index contributed by atoms with van der Waals surface area (Å²) >= 11 is 0. The van der Waals surface area contributed by atoms with Crippen LogP contribution in [0.1, 0.15) is 25.7 Å². The zero-order chi connectivity index (χ0) is 20.6. The minimum atomic E-state index is -3.78. The van der Waals surface area contributed by atoms with Crippen molar-refractivity contribution in [2.75, 3.05) is 19.6 Å². The molecule has 0 bridgehead atoms. The first-order valence-electron chi connectivity index (χ1n) is 9.96. The second-order valence-electron chi connectivity index (χ2n) is 7.78. The summed E-state index contributed by atoms with van der Waals surface area (Å²) < 4.78 is 28.0. The number of piperidine rings is 1. The summed E-state index contributed by atoms with van der Waals surface area (Å²) in [4.78, 5) is 26.3. The fourth-order valence-electron chi connectivity index (χ4n) is 4.33. The zero-order valence-electron chi connectivity index (χ0n) is 16.2. The Morgan fingerprint density at radius 1 is 0.931 bits per heavy atom. The normalized spacial score (nSPS) is 21.5. The first-order valence-corrected chi connectivity index (χ1v) is 11.4. The second-order valence-corrected chi connectivity index (χ2v) is 9.68. The van der Waals surface area contributed by atoms with Crippen molar-refractivity contribution in [2.24, 2.45) is 11.7 Å². The summed E-state index contributed by atoms with van der Waals surface area (Å²) in [5.74, 6) is -0.715. The van der Waals surface area contributed by atoms with Gasteiger partial charge in [0.2, 0.25) is 21.8 Å². The third kappa shape index (κ3) is 3.74. The van der Waals surface area contributed by atoms with Crippen LogP contribution >= 0.6 is 0 Å². The average molecular weight is 416 g/mol. The molecule has 2 saturated heterocycles. The Kier molecular flexibility index (Phi) is 5.31. The number of nitrogens with two attached hydrogens (primary N) is 1. The van der Waals surface area contributed by atoms with Crippen LogP contribution in [0.2, 0.25) is 0 Å². The molecule has 8 heteroatoms.